The van der Waals surface area contributed by atoms with Crippen molar-refractivity contribution in [3.05, 3.63) is 89.5 Å². The molecule has 3 aromatic rings. The molecule has 22 nitrogen and oxygen atoms in total. The summed E-state index contributed by atoms with van der Waals surface area (Å²) in [5, 5.41) is 24.8. The van der Waals surface area contributed by atoms with Gasteiger partial charge in [-0.1, -0.05) is 53.1 Å². The lowest BCUT2D eigenvalue weighted by Crippen LogP contribution is -2.36. The molecule has 4 unspecified atom stereocenters. The molecule has 12 N–H and O–H groups in total. The lowest BCUT2D eigenvalue weighted by Gasteiger charge is -2.17. The fourth-order valence-corrected chi connectivity index (χ4v) is 5.27. The number of aliphatic hydroxyl groups excluding tert-OH is 2. The van der Waals surface area contributed by atoms with Gasteiger partial charge in [-0.05, 0) is 57.2 Å². The van der Waals surface area contributed by atoms with Crippen LogP contribution in [0, 0.1) is 20.8 Å². The Kier molecular flexibility index (Phi) is 25.3. The third-order valence-electron chi connectivity index (χ3n) is 7.03. The Morgan fingerprint density at radius 1 is 0.533 bits per heavy atom. The Bertz CT molecular complexity index is 1880. The number of aliphatic hydroxyl groups is 2. The van der Waals surface area contributed by atoms with Gasteiger partial charge in [-0.15, -0.1) is 0 Å². The molecule has 0 spiro atoms. The van der Waals surface area contributed by atoms with Crippen LogP contribution in [-0.4, -0.2) is 143 Å². The van der Waals surface area contributed by atoms with Crippen LogP contribution in [0.25, 0.3) is 0 Å². The van der Waals surface area contributed by atoms with Gasteiger partial charge in [0.1, 0.15) is 12.2 Å². The molecule has 4 atom stereocenters. The summed E-state index contributed by atoms with van der Waals surface area (Å²) in [6.45, 7) is 5.78. The van der Waals surface area contributed by atoms with Crippen LogP contribution in [0.1, 0.15) is 16.7 Å². The van der Waals surface area contributed by atoms with Crippen molar-refractivity contribution in [2.75, 3.05) is 46.1 Å². The molecule has 0 aromatic heterocycles. The zero-order valence-electron chi connectivity index (χ0n) is 32.6. The summed E-state index contributed by atoms with van der Waals surface area (Å²) >= 11 is 0. The minimum absolute atomic E-state index is 0.0666. The largest absolute Gasteiger partial charge is 0.480 e. The third kappa shape index (κ3) is 24.6. The van der Waals surface area contributed by atoms with E-state index in [9.17, 15) is 39.6 Å². The van der Waals surface area contributed by atoms with E-state index in [0.717, 1.165) is 16.7 Å². The minimum Gasteiger partial charge on any atom is -0.480 e. The van der Waals surface area contributed by atoms with Gasteiger partial charge in [-0.3, -0.25) is 28.0 Å². The molecular weight excluding hydrogens is 863 g/mol. The van der Waals surface area contributed by atoms with Gasteiger partial charge in [0, 0.05) is 0 Å². The predicted octanol–water partition coefficient (Wildman–Crippen LogP) is -0.749. The molecule has 0 bridgehead atoms. The number of esters is 2. The fourth-order valence-electron chi connectivity index (χ4n) is 3.83. The van der Waals surface area contributed by atoms with Gasteiger partial charge in [0.2, 0.25) is 0 Å². The summed E-state index contributed by atoms with van der Waals surface area (Å²) in [4.78, 5) is 30.8. The first-order chi connectivity index (χ1) is 27.7. The maximum absolute atomic E-state index is 10.9. The van der Waals surface area contributed by atoms with Crippen LogP contribution in [-0.2, 0) is 63.7 Å². The number of nitrogens with two attached hydrogens (primary N) is 3. The summed E-state index contributed by atoms with van der Waals surface area (Å²) in [6, 6.07) is 18.0. The molecule has 0 saturated carbocycles. The van der Waals surface area contributed by atoms with E-state index in [-0.39, 0.29) is 60.7 Å². The second-order valence-corrected chi connectivity index (χ2v) is 16.4. The number of carboxylic acids is 1. The number of rotatable bonds is 8. The number of carbonyl (C=O) groups excluding carboxylic acids is 2. The Labute approximate surface area is 347 Å². The van der Waals surface area contributed by atoms with Gasteiger partial charge in [0.05, 0.1) is 60.7 Å². The highest BCUT2D eigenvalue weighted by Gasteiger charge is 2.34. The number of carboxylic acid groups (broad SMARTS) is 1. The van der Waals surface area contributed by atoms with Crippen LogP contribution in [0.4, 0.5) is 0 Å². The number of carbonyl (C=O) groups is 3. The SMILES string of the molecule is Cc1ccc(S(=O)(=O)O)cc1.Cc1ccc(S(=O)(=O)O)cc1.Cc1ccc(S(=O)(=O)O)cc1.NCC(=O)O.NCC(=O)OC1COCC1OC(=O)CN.OC1COCC1O. The summed E-state index contributed by atoms with van der Waals surface area (Å²) in [6.07, 6.45) is -2.48. The summed E-state index contributed by atoms with van der Waals surface area (Å²) in [5.74, 6) is -2.08. The molecule has 2 saturated heterocycles. The Morgan fingerprint density at radius 2 is 0.767 bits per heavy atom. The van der Waals surface area contributed by atoms with E-state index in [4.69, 9.17) is 54.7 Å². The Hall–Kier alpha value is -4.48. The molecule has 0 aliphatic carbocycles. The van der Waals surface area contributed by atoms with E-state index >= 15 is 0 Å². The van der Waals surface area contributed by atoms with Crippen molar-refractivity contribution >= 4 is 48.3 Å². The van der Waals surface area contributed by atoms with Crippen LogP contribution < -0.4 is 17.2 Å². The van der Waals surface area contributed by atoms with E-state index in [1.165, 1.54) is 36.4 Å². The van der Waals surface area contributed by atoms with Crippen LogP contribution >= 0.6 is 0 Å². The van der Waals surface area contributed by atoms with Crippen molar-refractivity contribution in [2.45, 2.75) is 59.9 Å². The van der Waals surface area contributed by atoms with E-state index in [0.29, 0.717) is 0 Å². The molecule has 2 heterocycles. The second-order valence-electron chi connectivity index (χ2n) is 12.1. The molecule has 5 rings (SSSR count). The van der Waals surface area contributed by atoms with Crippen molar-refractivity contribution in [3.63, 3.8) is 0 Å². The molecular formula is C35H51N3O19S3. The Morgan fingerprint density at radius 3 is 0.933 bits per heavy atom. The number of hydrogen-bond donors (Lipinski definition) is 9. The first-order valence-electron chi connectivity index (χ1n) is 17.1. The van der Waals surface area contributed by atoms with Gasteiger partial charge in [-0.2, -0.15) is 25.3 Å². The minimum atomic E-state index is -4.02. The molecule has 60 heavy (non-hydrogen) atoms. The van der Waals surface area contributed by atoms with Crippen molar-refractivity contribution < 1.29 is 87.6 Å². The summed E-state index contributed by atoms with van der Waals surface area (Å²) in [5.41, 5.74) is 17.6. The molecule has 2 aliphatic heterocycles. The molecule has 3 aromatic carbocycles. The smallest absolute Gasteiger partial charge is 0.320 e. The topological polar surface area (TPSA) is 390 Å². The van der Waals surface area contributed by atoms with Crippen LogP contribution in [0.15, 0.2) is 87.5 Å². The molecule has 2 aliphatic rings. The highest BCUT2D eigenvalue weighted by atomic mass is 32.2. The maximum Gasteiger partial charge on any atom is 0.320 e. The van der Waals surface area contributed by atoms with E-state index < -0.39 is 72.7 Å². The van der Waals surface area contributed by atoms with Crippen molar-refractivity contribution in [1.29, 1.82) is 0 Å². The Balaban J connectivity index is 0.000000715. The summed E-state index contributed by atoms with van der Waals surface area (Å²) < 4.78 is 108. The maximum atomic E-state index is 10.9. The predicted molar refractivity (Wildman–Crippen MR) is 211 cm³/mol. The van der Waals surface area contributed by atoms with E-state index in [1.54, 1.807) is 36.4 Å². The standard InChI is InChI=1S/C8H14N2O5.3C7H8O3S.C4H8O3.C2H5NO2/c9-1-7(11)14-5-3-13-4-6(5)15-8(12)2-10;3*1-6-2-4-7(5-3-6)11(8,9)10;5-3-1-7-2-4(3)6;3-1-2(4)5/h5-6H,1-4,9-10H2;3*2-5H,1H3,(H,8,9,10);3-6H,1-2H2;1,3H2,(H,4,5). The van der Waals surface area contributed by atoms with Crippen LogP contribution in [0.3, 0.4) is 0 Å². The van der Waals surface area contributed by atoms with Crippen molar-refractivity contribution in [2.24, 2.45) is 17.2 Å². The molecule has 338 valence electrons. The molecule has 25 heteroatoms. The van der Waals surface area contributed by atoms with Gasteiger partial charge >= 0.3 is 17.9 Å². The average Bonchev–Trinajstić information content (AvgIpc) is 3.78. The normalized spacial score (nSPS) is 18.1. The second kappa shape index (κ2) is 27.4. The summed E-state index contributed by atoms with van der Waals surface area (Å²) in [7, 11) is -12.1. The molecule has 2 fully saturated rings. The molecule has 0 amide bonds. The van der Waals surface area contributed by atoms with Crippen molar-refractivity contribution in [1.82, 2.24) is 0 Å². The number of aryl methyl sites for hydroxylation is 3. The van der Waals surface area contributed by atoms with Crippen LogP contribution in [0.5, 0.6) is 0 Å². The number of ether oxygens (including phenoxy) is 4. The first-order valence-corrected chi connectivity index (χ1v) is 21.4. The average molecular weight is 914 g/mol. The number of benzene rings is 3. The monoisotopic (exact) mass is 913 g/mol. The zero-order valence-corrected chi connectivity index (χ0v) is 35.1. The third-order valence-corrected chi connectivity index (χ3v) is 9.63. The molecule has 0 radical (unpaired) electrons. The fraction of sp³-hybridized carbons (Fsp3) is 0.400. The van der Waals surface area contributed by atoms with E-state index in [2.05, 4.69) is 10.5 Å². The lowest BCUT2D eigenvalue weighted by molar-refractivity contribution is -0.161. The van der Waals surface area contributed by atoms with Gasteiger partial charge in [0.15, 0.2) is 12.2 Å². The number of aliphatic carboxylic acids is 1. The quantitative estimate of drug-likeness (QED) is 0.0991. The highest BCUT2D eigenvalue weighted by Crippen LogP contribution is 2.14. The van der Waals surface area contributed by atoms with E-state index in [1.807, 2.05) is 20.8 Å². The van der Waals surface area contributed by atoms with Crippen molar-refractivity contribution in [3.8, 4) is 0 Å². The van der Waals surface area contributed by atoms with Gasteiger partial charge in [-0.25, -0.2) is 0 Å². The van der Waals surface area contributed by atoms with Crippen LogP contribution in [0.2, 0.25) is 0 Å². The number of hydrogen-bond acceptors (Lipinski definition) is 18. The lowest BCUT2D eigenvalue weighted by atomic mass is 10.2. The van der Waals surface area contributed by atoms with Gasteiger partial charge in [0.25, 0.3) is 30.4 Å². The van der Waals surface area contributed by atoms with Gasteiger partial charge < -0.3 is 51.5 Å². The highest BCUT2D eigenvalue weighted by molar-refractivity contribution is 7.86. The zero-order chi connectivity index (χ0) is 46.3. The first kappa shape index (κ1) is 55.5.